The van der Waals surface area contributed by atoms with Crippen molar-refractivity contribution in [2.45, 2.75) is 64.8 Å². The van der Waals surface area contributed by atoms with E-state index in [0.29, 0.717) is 24.5 Å². The van der Waals surface area contributed by atoms with Crippen molar-refractivity contribution >= 4 is 35.7 Å². The van der Waals surface area contributed by atoms with Gasteiger partial charge in [-0.1, -0.05) is 12.1 Å². The lowest BCUT2D eigenvalue weighted by atomic mass is 10.1. The SMILES string of the molecule is CC(C)(C)OC(=O)N=C(N)N(C(=O)OC(C)(C)C)C1CNCCN1C(=O)c1ccc(CCl)cc1. The first-order chi connectivity index (χ1) is 15.7. The second-order valence-corrected chi connectivity index (χ2v) is 10.1. The number of aliphatic imine (C=N–C) groups is 1. The molecule has 1 aliphatic rings. The van der Waals surface area contributed by atoms with Crippen molar-refractivity contribution in [3.05, 3.63) is 35.4 Å². The Kier molecular flexibility index (Phi) is 8.90. The third-order valence-corrected chi connectivity index (χ3v) is 4.88. The molecule has 2 rings (SSSR count). The van der Waals surface area contributed by atoms with Crippen LogP contribution < -0.4 is 11.1 Å². The first-order valence-corrected chi connectivity index (χ1v) is 11.5. The molecule has 0 aliphatic carbocycles. The molecule has 0 radical (unpaired) electrons. The monoisotopic (exact) mass is 495 g/mol. The summed E-state index contributed by atoms with van der Waals surface area (Å²) in [6.45, 7) is 11.1. The van der Waals surface area contributed by atoms with E-state index in [2.05, 4.69) is 10.3 Å². The van der Waals surface area contributed by atoms with Crippen LogP contribution in [0.5, 0.6) is 0 Å². The van der Waals surface area contributed by atoms with Crippen molar-refractivity contribution in [1.82, 2.24) is 15.1 Å². The molecule has 10 nitrogen and oxygen atoms in total. The lowest BCUT2D eigenvalue weighted by Crippen LogP contribution is -2.65. The van der Waals surface area contributed by atoms with Crippen molar-refractivity contribution in [3.8, 4) is 0 Å². The number of nitrogens with two attached hydrogens (primary N) is 1. The molecular weight excluding hydrogens is 462 g/mol. The van der Waals surface area contributed by atoms with Gasteiger partial charge in [-0.2, -0.15) is 0 Å². The zero-order valence-corrected chi connectivity index (χ0v) is 21.3. The van der Waals surface area contributed by atoms with Crippen molar-refractivity contribution in [3.63, 3.8) is 0 Å². The number of hydrogen-bond donors (Lipinski definition) is 2. The van der Waals surface area contributed by atoms with Gasteiger partial charge >= 0.3 is 12.2 Å². The van der Waals surface area contributed by atoms with E-state index < -0.39 is 35.5 Å². The summed E-state index contributed by atoms with van der Waals surface area (Å²) >= 11 is 5.85. The number of halogens is 1. The minimum Gasteiger partial charge on any atom is -0.443 e. The van der Waals surface area contributed by atoms with Crippen molar-refractivity contribution in [2.24, 2.45) is 10.7 Å². The summed E-state index contributed by atoms with van der Waals surface area (Å²) in [7, 11) is 0. The summed E-state index contributed by atoms with van der Waals surface area (Å²) in [5.74, 6) is -0.423. The molecule has 3 N–H and O–H groups in total. The fraction of sp³-hybridized carbons (Fsp3) is 0.565. The van der Waals surface area contributed by atoms with E-state index in [1.54, 1.807) is 65.8 Å². The zero-order chi connectivity index (χ0) is 25.7. The topological polar surface area (TPSA) is 127 Å². The predicted molar refractivity (Wildman–Crippen MR) is 130 cm³/mol. The summed E-state index contributed by atoms with van der Waals surface area (Å²) in [6.07, 6.45) is -2.70. The number of hydrogen-bond acceptors (Lipinski definition) is 6. The summed E-state index contributed by atoms with van der Waals surface area (Å²) in [5.41, 5.74) is 5.76. The molecule has 1 aromatic carbocycles. The van der Waals surface area contributed by atoms with Crippen LogP contribution >= 0.6 is 11.6 Å². The highest BCUT2D eigenvalue weighted by atomic mass is 35.5. The number of guanidine groups is 1. The summed E-state index contributed by atoms with van der Waals surface area (Å²) in [6, 6.07) is 6.88. The molecule has 1 aromatic rings. The number of piperazine rings is 1. The van der Waals surface area contributed by atoms with E-state index >= 15 is 0 Å². The molecule has 11 heteroatoms. The van der Waals surface area contributed by atoms with Gasteiger partial charge in [0.25, 0.3) is 5.91 Å². The molecule has 1 heterocycles. The number of nitrogens with zero attached hydrogens (tertiary/aromatic N) is 3. The Labute approximate surface area is 205 Å². The summed E-state index contributed by atoms with van der Waals surface area (Å²) in [5, 5.41) is 3.15. The second-order valence-electron chi connectivity index (χ2n) is 9.81. The molecule has 0 spiro atoms. The van der Waals surface area contributed by atoms with Crippen molar-refractivity contribution in [1.29, 1.82) is 0 Å². The molecule has 1 atom stereocenters. The Morgan fingerprint density at radius 2 is 1.71 bits per heavy atom. The smallest absolute Gasteiger partial charge is 0.437 e. The van der Waals surface area contributed by atoms with Crippen molar-refractivity contribution < 1.29 is 23.9 Å². The van der Waals surface area contributed by atoms with Gasteiger partial charge in [0.05, 0.1) is 0 Å². The Hall–Kier alpha value is -2.85. The minimum atomic E-state index is -0.961. The highest BCUT2D eigenvalue weighted by Gasteiger charge is 2.39. The minimum absolute atomic E-state index is 0.190. The van der Waals surface area contributed by atoms with Gasteiger partial charge in [-0.15, -0.1) is 16.6 Å². The average Bonchev–Trinajstić information content (AvgIpc) is 2.71. The van der Waals surface area contributed by atoms with Gasteiger partial charge in [0.15, 0.2) is 0 Å². The molecule has 1 fully saturated rings. The van der Waals surface area contributed by atoms with Crippen LogP contribution in [-0.4, -0.2) is 70.9 Å². The standard InChI is InChI=1S/C23H34ClN5O5/c1-22(2,3)33-20(31)27-19(25)29(21(32)34-23(4,5)6)17-14-26-11-12-28(17)18(30)16-9-7-15(13-24)8-10-16/h7-10,17,26H,11-14H2,1-6H3,(H2,25,27,31). The highest BCUT2D eigenvalue weighted by molar-refractivity contribution is 6.17. The molecule has 0 aromatic heterocycles. The number of carbonyl (C=O) groups is 3. The van der Waals surface area contributed by atoms with Crippen LogP contribution in [0.3, 0.4) is 0 Å². The van der Waals surface area contributed by atoms with Crippen LogP contribution in [0.15, 0.2) is 29.3 Å². The fourth-order valence-electron chi connectivity index (χ4n) is 3.17. The van der Waals surface area contributed by atoms with Crippen LogP contribution in [0.4, 0.5) is 9.59 Å². The van der Waals surface area contributed by atoms with Crippen LogP contribution in [0.2, 0.25) is 0 Å². The third kappa shape index (κ3) is 7.88. The number of alkyl halides is 1. The van der Waals surface area contributed by atoms with Gasteiger partial charge in [0.2, 0.25) is 5.96 Å². The summed E-state index contributed by atoms with van der Waals surface area (Å²) in [4.78, 5) is 45.1. The van der Waals surface area contributed by atoms with E-state index in [1.807, 2.05) is 0 Å². The predicted octanol–water partition coefficient (Wildman–Crippen LogP) is 3.28. The van der Waals surface area contributed by atoms with Crippen molar-refractivity contribution in [2.75, 3.05) is 19.6 Å². The number of ether oxygens (including phenoxy) is 2. The maximum atomic E-state index is 13.4. The van der Waals surface area contributed by atoms with E-state index in [9.17, 15) is 14.4 Å². The van der Waals surface area contributed by atoms with E-state index in [1.165, 1.54) is 4.90 Å². The molecule has 1 unspecified atom stereocenters. The first-order valence-electron chi connectivity index (χ1n) is 11.0. The molecule has 3 amide bonds. The lowest BCUT2D eigenvalue weighted by molar-refractivity contribution is 0.00674. The third-order valence-electron chi connectivity index (χ3n) is 4.57. The Morgan fingerprint density at radius 1 is 1.12 bits per heavy atom. The summed E-state index contributed by atoms with van der Waals surface area (Å²) < 4.78 is 10.7. The molecule has 0 bridgehead atoms. The number of carbonyl (C=O) groups excluding carboxylic acids is 3. The first kappa shape index (κ1) is 27.4. The van der Waals surface area contributed by atoms with Gasteiger partial charge in [-0.3, -0.25) is 4.79 Å². The van der Waals surface area contributed by atoms with Crippen LogP contribution in [0.1, 0.15) is 57.5 Å². The quantitative estimate of drug-likeness (QED) is 0.374. The van der Waals surface area contributed by atoms with E-state index in [-0.39, 0.29) is 12.5 Å². The maximum Gasteiger partial charge on any atom is 0.437 e. The second kappa shape index (κ2) is 11.1. The molecule has 0 saturated carbocycles. The molecule has 1 aliphatic heterocycles. The number of nitrogens with one attached hydrogen (secondary N) is 1. The Morgan fingerprint density at radius 3 is 2.24 bits per heavy atom. The van der Waals surface area contributed by atoms with Gasteiger partial charge in [-0.05, 0) is 59.2 Å². The van der Waals surface area contributed by atoms with Crippen LogP contribution in [0.25, 0.3) is 0 Å². The number of benzene rings is 1. The van der Waals surface area contributed by atoms with Crippen LogP contribution in [-0.2, 0) is 15.4 Å². The molecule has 188 valence electrons. The molecule has 1 saturated heterocycles. The van der Waals surface area contributed by atoms with Gasteiger partial charge in [0, 0.05) is 31.1 Å². The highest BCUT2D eigenvalue weighted by Crippen LogP contribution is 2.19. The average molecular weight is 496 g/mol. The Balaban J connectivity index is 2.43. The van der Waals surface area contributed by atoms with Crippen LogP contribution in [0, 0.1) is 0 Å². The Bertz CT molecular complexity index is 921. The normalized spacial score (nSPS) is 17.2. The maximum absolute atomic E-state index is 13.4. The van der Waals surface area contributed by atoms with Gasteiger partial charge in [-0.25, -0.2) is 14.5 Å². The number of rotatable bonds is 3. The molecule has 34 heavy (non-hydrogen) atoms. The van der Waals surface area contributed by atoms with Gasteiger partial charge in [0.1, 0.15) is 17.4 Å². The zero-order valence-electron chi connectivity index (χ0n) is 20.6. The number of amides is 3. The largest absolute Gasteiger partial charge is 0.443 e. The molecular formula is C23H34ClN5O5. The van der Waals surface area contributed by atoms with Gasteiger partial charge < -0.3 is 25.4 Å². The fourth-order valence-corrected chi connectivity index (χ4v) is 3.35. The van der Waals surface area contributed by atoms with E-state index in [4.69, 9.17) is 26.8 Å². The van der Waals surface area contributed by atoms with E-state index in [0.717, 1.165) is 10.5 Å². The lowest BCUT2D eigenvalue weighted by Gasteiger charge is -2.42.